The molecular formula is C3H8N2O. The number of aliphatic imine (C=N–C) groups is 1. The van der Waals surface area contributed by atoms with Gasteiger partial charge < -0.3 is 10.5 Å². The lowest BCUT2D eigenvalue weighted by molar-refractivity contribution is 0.209. The molecule has 0 unspecified atom stereocenters. The van der Waals surface area contributed by atoms with Crippen LogP contribution in [-0.4, -0.2) is 20.2 Å². The summed E-state index contributed by atoms with van der Waals surface area (Å²) >= 11 is 0. The van der Waals surface area contributed by atoms with Crippen molar-refractivity contribution in [2.45, 2.75) is 0 Å². The first kappa shape index (κ1) is 5.43. The van der Waals surface area contributed by atoms with E-state index >= 15 is 0 Å². The number of hydrogen-bond donors (Lipinski definition) is 1. The highest BCUT2D eigenvalue weighted by Gasteiger charge is 1.61. The number of hydrogen-bond acceptors (Lipinski definition) is 2. The minimum atomic E-state index is 0.358. The molecule has 0 fully saturated rings. The van der Waals surface area contributed by atoms with Crippen molar-refractivity contribution in [2.24, 2.45) is 10.7 Å². The number of ether oxygens (including phenoxy) is 1. The smallest absolute Gasteiger partial charge is 0.138 e. The van der Waals surface area contributed by atoms with Gasteiger partial charge in [0.1, 0.15) is 6.73 Å². The van der Waals surface area contributed by atoms with E-state index in [1.54, 1.807) is 7.11 Å². The zero-order chi connectivity index (χ0) is 4.83. The molecule has 0 spiro atoms. The van der Waals surface area contributed by atoms with Gasteiger partial charge in [-0.3, -0.25) is 0 Å². The molecule has 0 saturated carbocycles. The molecule has 0 aliphatic heterocycles. The zero-order valence-electron chi connectivity index (χ0n) is 3.72. The number of rotatable bonds is 2. The molecule has 0 bridgehead atoms. The Balaban J connectivity index is 2.66. The van der Waals surface area contributed by atoms with Crippen molar-refractivity contribution in [3.05, 3.63) is 0 Å². The summed E-state index contributed by atoms with van der Waals surface area (Å²) in [5, 5.41) is 0. The highest BCUT2D eigenvalue weighted by molar-refractivity contribution is 5.50. The molecule has 0 atom stereocenters. The molecule has 0 heterocycles. The van der Waals surface area contributed by atoms with E-state index in [4.69, 9.17) is 5.73 Å². The fraction of sp³-hybridized carbons (Fsp3) is 0.667. The Kier molecular flexibility index (Phi) is 4.01. The third kappa shape index (κ3) is 3.43. The van der Waals surface area contributed by atoms with Gasteiger partial charge in [0.2, 0.25) is 0 Å². The van der Waals surface area contributed by atoms with Gasteiger partial charge in [0.05, 0.1) is 6.34 Å². The quantitative estimate of drug-likeness (QED) is 0.368. The molecule has 6 heavy (non-hydrogen) atoms. The van der Waals surface area contributed by atoms with Crippen LogP contribution in [0.4, 0.5) is 0 Å². The van der Waals surface area contributed by atoms with E-state index in [-0.39, 0.29) is 0 Å². The Hall–Kier alpha value is -0.570. The van der Waals surface area contributed by atoms with Crippen LogP contribution in [0.15, 0.2) is 4.99 Å². The Labute approximate surface area is 36.8 Å². The normalized spacial score (nSPS) is 10.2. The van der Waals surface area contributed by atoms with Crippen LogP contribution in [0.25, 0.3) is 0 Å². The second-order valence-electron chi connectivity index (χ2n) is 0.749. The van der Waals surface area contributed by atoms with Crippen LogP contribution in [0.3, 0.4) is 0 Å². The van der Waals surface area contributed by atoms with Crippen molar-refractivity contribution in [3.63, 3.8) is 0 Å². The van der Waals surface area contributed by atoms with Crippen molar-refractivity contribution in [2.75, 3.05) is 13.8 Å². The predicted molar refractivity (Wildman–Crippen MR) is 24.6 cm³/mol. The Morgan fingerprint density at radius 3 is 2.83 bits per heavy atom. The monoisotopic (exact) mass is 88.1 g/mol. The van der Waals surface area contributed by atoms with Crippen molar-refractivity contribution in [1.29, 1.82) is 0 Å². The zero-order valence-corrected chi connectivity index (χ0v) is 3.72. The first-order valence-electron chi connectivity index (χ1n) is 1.60. The van der Waals surface area contributed by atoms with Crippen LogP contribution >= 0.6 is 0 Å². The largest absolute Gasteiger partial charge is 0.390 e. The van der Waals surface area contributed by atoms with Gasteiger partial charge in [-0.25, -0.2) is 4.99 Å². The van der Waals surface area contributed by atoms with Crippen molar-refractivity contribution < 1.29 is 4.74 Å². The van der Waals surface area contributed by atoms with Gasteiger partial charge in [-0.1, -0.05) is 0 Å². The summed E-state index contributed by atoms with van der Waals surface area (Å²) in [5.74, 6) is 0. The third-order valence-electron chi connectivity index (χ3n) is 0.309. The van der Waals surface area contributed by atoms with Crippen molar-refractivity contribution in [3.8, 4) is 0 Å². The third-order valence-corrected chi connectivity index (χ3v) is 0.309. The number of nitrogens with two attached hydrogens (primary N) is 1. The first-order chi connectivity index (χ1) is 2.91. The SMILES string of the molecule is COC/N=C\N. The van der Waals surface area contributed by atoms with E-state index in [0.29, 0.717) is 6.73 Å². The van der Waals surface area contributed by atoms with Gasteiger partial charge in [-0.15, -0.1) is 0 Å². The number of nitrogens with zero attached hydrogens (tertiary/aromatic N) is 1. The molecule has 0 aromatic rings. The maximum absolute atomic E-state index is 4.84. The highest BCUT2D eigenvalue weighted by atomic mass is 16.5. The molecule has 3 heteroatoms. The fourth-order valence-corrected chi connectivity index (χ4v) is 0.118. The Morgan fingerprint density at radius 1 is 2.00 bits per heavy atom. The molecule has 0 saturated heterocycles. The fourth-order valence-electron chi connectivity index (χ4n) is 0.118. The lowest BCUT2D eigenvalue weighted by Crippen LogP contribution is -1.91. The minimum Gasteiger partial charge on any atom is -0.390 e. The van der Waals surface area contributed by atoms with Crippen LogP contribution in [0.2, 0.25) is 0 Å². The van der Waals surface area contributed by atoms with Gasteiger partial charge in [0.25, 0.3) is 0 Å². The maximum Gasteiger partial charge on any atom is 0.138 e. The molecule has 0 aliphatic rings. The average molecular weight is 88.1 g/mol. The lowest BCUT2D eigenvalue weighted by Gasteiger charge is -1.82. The molecule has 0 aliphatic carbocycles. The van der Waals surface area contributed by atoms with Crippen LogP contribution < -0.4 is 5.73 Å². The molecule has 3 nitrogen and oxygen atoms in total. The second kappa shape index (κ2) is 4.43. The predicted octanol–water partition coefficient (Wildman–Crippen LogP) is -0.423. The summed E-state index contributed by atoms with van der Waals surface area (Å²) in [6.45, 7) is 0.358. The van der Waals surface area contributed by atoms with E-state index in [9.17, 15) is 0 Å². The van der Waals surface area contributed by atoms with Gasteiger partial charge in [0, 0.05) is 7.11 Å². The number of methoxy groups -OCH3 is 1. The minimum absolute atomic E-state index is 0.358. The standard InChI is InChI=1S/C3H8N2O/c1-6-3-5-2-4/h2H,3H2,1H3,(H2,4,5). The van der Waals surface area contributed by atoms with Gasteiger partial charge >= 0.3 is 0 Å². The molecule has 0 aromatic heterocycles. The molecule has 0 aromatic carbocycles. The average Bonchev–Trinajstić information content (AvgIpc) is 1.61. The van der Waals surface area contributed by atoms with E-state index in [2.05, 4.69) is 9.73 Å². The second-order valence-corrected chi connectivity index (χ2v) is 0.749. The molecular weight excluding hydrogens is 80.0 g/mol. The van der Waals surface area contributed by atoms with Crippen LogP contribution in [0.5, 0.6) is 0 Å². The molecule has 36 valence electrons. The summed E-state index contributed by atoms with van der Waals surface area (Å²) in [6, 6.07) is 0. The van der Waals surface area contributed by atoms with E-state index in [1.807, 2.05) is 0 Å². The highest BCUT2D eigenvalue weighted by Crippen LogP contribution is 1.61. The molecule has 2 N–H and O–H groups in total. The van der Waals surface area contributed by atoms with E-state index < -0.39 is 0 Å². The Bertz CT molecular complexity index is 44.1. The topological polar surface area (TPSA) is 47.6 Å². The van der Waals surface area contributed by atoms with Gasteiger partial charge in [-0.05, 0) is 0 Å². The lowest BCUT2D eigenvalue weighted by atomic mass is 11.2. The van der Waals surface area contributed by atoms with E-state index in [1.165, 1.54) is 6.34 Å². The Morgan fingerprint density at radius 2 is 2.67 bits per heavy atom. The summed E-state index contributed by atoms with van der Waals surface area (Å²) in [6.07, 6.45) is 1.21. The van der Waals surface area contributed by atoms with Crippen molar-refractivity contribution in [1.82, 2.24) is 0 Å². The summed E-state index contributed by atoms with van der Waals surface area (Å²) in [4.78, 5) is 3.52. The van der Waals surface area contributed by atoms with Gasteiger partial charge in [-0.2, -0.15) is 0 Å². The van der Waals surface area contributed by atoms with Crippen LogP contribution in [0.1, 0.15) is 0 Å². The van der Waals surface area contributed by atoms with Gasteiger partial charge in [0.15, 0.2) is 0 Å². The summed E-state index contributed by atoms with van der Waals surface area (Å²) in [7, 11) is 1.56. The summed E-state index contributed by atoms with van der Waals surface area (Å²) < 4.78 is 4.50. The molecule has 0 amide bonds. The molecule has 0 rings (SSSR count). The summed E-state index contributed by atoms with van der Waals surface area (Å²) in [5.41, 5.74) is 4.84. The first-order valence-corrected chi connectivity index (χ1v) is 1.60. The molecule has 0 radical (unpaired) electrons. The van der Waals surface area contributed by atoms with Crippen molar-refractivity contribution >= 4 is 6.34 Å². The van der Waals surface area contributed by atoms with Crippen LogP contribution in [-0.2, 0) is 4.74 Å². The maximum atomic E-state index is 4.84. The van der Waals surface area contributed by atoms with Crippen LogP contribution in [0, 0.1) is 0 Å². The van der Waals surface area contributed by atoms with E-state index in [0.717, 1.165) is 0 Å².